The molecule has 7 heteroatoms. The molecule has 0 amide bonds. The summed E-state index contributed by atoms with van der Waals surface area (Å²) in [6.45, 7) is 1.52. The van der Waals surface area contributed by atoms with Crippen LogP contribution in [0.15, 0.2) is 23.2 Å². The molecule has 1 aromatic rings. The van der Waals surface area contributed by atoms with E-state index in [1.54, 1.807) is 18.2 Å². The smallest absolute Gasteiger partial charge is 0.306 e. The fourth-order valence-electron chi connectivity index (χ4n) is 3.48. The maximum atomic E-state index is 12.5. The molecule has 1 atom stereocenters. The molecule has 1 aliphatic heterocycles. The van der Waals surface area contributed by atoms with Crippen molar-refractivity contribution < 1.29 is 19.4 Å². The Hall–Kier alpha value is -1.59. The molecule has 0 radical (unpaired) electrons. The van der Waals surface area contributed by atoms with Gasteiger partial charge in [0.25, 0.3) is 0 Å². The summed E-state index contributed by atoms with van der Waals surface area (Å²) >= 11 is 12.1. The minimum absolute atomic E-state index is 0.0786. The van der Waals surface area contributed by atoms with Crippen LogP contribution in [0.4, 0.5) is 0 Å². The van der Waals surface area contributed by atoms with Gasteiger partial charge in [-0.3, -0.25) is 14.6 Å². The Labute approximate surface area is 182 Å². The number of hydrogen-bond acceptors (Lipinski definition) is 4. The summed E-state index contributed by atoms with van der Waals surface area (Å²) in [6, 6.07) is 4.84. The Morgan fingerprint density at radius 3 is 2.24 bits per heavy atom. The minimum atomic E-state index is -0.946. The number of carbonyl (C=O) groups excluding carboxylic acids is 1. The maximum Gasteiger partial charge on any atom is 0.306 e. The number of nitrogens with zero attached hydrogens (tertiary/aromatic N) is 1. The van der Waals surface area contributed by atoms with E-state index >= 15 is 0 Å². The summed E-state index contributed by atoms with van der Waals surface area (Å²) in [5, 5.41) is 9.98. The van der Waals surface area contributed by atoms with Crippen LogP contribution in [-0.2, 0) is 9.53 Å². The van der Waals surface area contributed by atoms with E-state index in [0.717, 1.165) is 64.0 Å². The summed E-state index contributed by atoms with van der Waals surface area (Å²) in [5.41, 5.74) is 0.219. The molecule has 29 heavy (non-hydrogen) atoms. The Morgan fingerprint density at radius 2 is 1.66 bits per heavy atom. The van der Waals surface area contributed by atoms with E-state index in [0.29, 0.717) is 6.42 Å². The van der Waals surface area contributed by atoms with Gasteiger partial charge >= 0.3 is 5.97 Å². The fraction of sp³-hybridized carbons (Fsp3) is 0.591. The summed E-state index contributed by atoms with van der Waals surface area (Å²) in [4.78, 5) is 28.3. The number of carboxylic acids is 1. The second kappa shape index (κ2) is 12.9. The normalized spacial score (nSPS) is 14.3. The first-order valence-corrected chi connectivity index (χ1v) is 11.1. The number of benzene rings is 1. The molecule has 0 saturated heterocycles. The average Bonchev–Trinajstić information content (AvgIpc) is 3.19. The molecule has 0 bridgehead atoms. The summed E-state index contributed by atoms with van der Waals surface area (Å²) in [7, 11) is 0. The number of ether oxygens (including phenoxy) is 1. The van der Waals surface area contributed by atoms with Gasteiger partial charge < -0.3 is 9.84 Å². The number of halogens is 2. The molecule has 160 valence electrons. The third kappa shape index (κ3) is 8.35. The van der Waals surface area contributed by atoms with Crippen LogP contribution in [0, 0.1) is 5.92 Å². The van der Waals surface area contributed by atoms with Crippen molar-refractivity contribution in [1.82, 2.24) is 0 Å². The van der Waals surface area contributed by atoms with E-state index in [-0.39, 0.29) is 27.8 Å². The van der Waals surface area contributed by atoms with E-state index in [2.05, 4.69) is 4.99 Å². The molecule has 2 rings (SSSR count). The van der Waals surface area contributed by atoms with Crippen LogP contribution in [0.3, 0.4) is 0 Å². The van der Waals surface area contributed by atoms with Crippen molar-refractivity contribution in [3.05, 3.63) is 33.8 Å². The van der Waals surface area contributed by atoms with Gasteiger partial charge in [-0.05, 0) is 25.0 Å². The lowest BCUT2D eigenvalue weighted by molar-refractivity contribution is -0.141. The van der Waals surface area contributed by atoms with Crippen LogP contribution >= 0.6 is 23.2 Å². The number of ketones is 1. The monoisotopic (exact) mass is 441 g/mol. The molecule has 5 nitrogen and oxygen atoms in total. The third-order valence-corrected chi connectivity index (χ3v) is 5.74. The first-order chi connectivity index (χ1) is 14.0. The van der Waals surface area contributed by atoms with E-state index < -0.39 is 11.9 Å². The van der Waals surface area contributed by atoms with Crippen molar-refractivity contribution in [2.24, 2.45) is 10.9 Å². The Morgan fingerprint density at radius 1 is 1.03 bits per heavy atom. The highest BCUT2D eigenvalue weighted by molar-refractivity contribution is 6.39. The van der Waals surface area contributed by atoms with E-state index in [1.807, 2.05) is 0 Å². The Bertz CT molecular complexity index is 701. The highest BCUT2D eigenvalue weighted by atomic mass is 35.5. The largest absolute Gasteiger partial charge is 0.481 e. The number of carboxylic acid groups (broad SMARTS) is 1. The number of carbonyl (C=O) groups is 2. The molecule has 0 fully saturated rings. The lowest BCUT2D eigenvalue weighted by Gasteiger charge is -2.13. The first-order valence-electron chi connectivity index (χ1n) is 10.3. The van der Waals surface area contributed by atoms with Crippen LogP contribution in [0.2, 0.25) is 10.0 Å². The van der Waals surface area contributed by atoms with Crippen molar-refractivity contribution in [3.8, 4) is 0 Å². The molecule has 1 aliphatic rings. The fourth-order valence-corrected chi connectivity index (χ4v) is 4.09. The minimum Gasteiger partial charge on any atom is -0.481 e. The average molecular weight is 442 g/mol. The highest BCUT2D eigenvalue weighted by Crippen LogP contribution is 2.28. The number of unbranched alkanes of at least 4 members (excludes halogenated alkanes) is 6. The number of aliphatic imine (C=N–C) groups is 1. The number of Topliss-reactive ketones (excluding diaryl/α,β-unsaturated/α-hetero) is 1. The van der Waals surface area contributed by atoms with Gasteiger partial charge in [-0.2, -0.15) is 0 Å². The standard InChI is InChI=1S/C22H29Cl2NO4/c23-17-10-8-11-18(24)21(17)19(26)15-16(22(27)28)9-6-4-2-1-3-5-7-12-20-25-13-14-29-20/h8,10-11,16H,1-7,9,12-15H2,(H,27,28). The second-order valence-corrected chi connectivity index (χ2v) is 8.21. The van der Waals surface area contributed by atoms with Gasteiger partial charge in [0, 0.05) is 12.8 Å². The van der Waals surface area contributed by atoms with Crippen molar-refractivity contribution in [1.29, 1.82) is 0 Å². The summed E-state index contributed by atoms with van der Waals surface area (Å²) in [5.74, 6) is -1.07. The molecular formula is C22H29Cl2NO4. The van der Waals surface area contributed by atoms with Crippen molar-refractivity contribution >= 4 is 40.9 Å². The quantitative estimate of drug-likeness (QED) is 0.275. The summed E-state index contributed by atoms with van der Waals surface area (Å²) < 4.78 is 5.39. The predicted octanol–water partition coefficient (Wildman–Crippen LogP) is 6.21. The number of hydrogen-bond donors (Lipinski definition) is 1. The molecular weight excluding hydrogens is 413 g/mol. The number of aliphatic carboxylic acids is 1. The van der Waals surface area contributed by atoms with Crippen LogP contribution in [0.25, 0.3) is 0 Å². The molecule has 1 aromatic carbocycles. The molecule has 0 aliphatic carbocycles. The van der Waals surface area contributed by atoms with E-state index in [4.69, 9.17) is 27.9 Å². The lowest BCUT2D eigenvalue weighted by Crippen LogP contribution is -2.18. The third-order valence-electron chi connectivity index (χ3n) is 5.11. The topological polar surface area (TPSA) is 76.0 Å². The summed E-state index contributed by atoms with van der Waals surface area (Å²) in [6.07, 6.45) is 8.76. The molecule has 1 unspecified atom stereocenters. The van der Waals surface area contributed by atoms with Crippen molar-refractivity contribution in [2.75, 3.05) is 13.2 Å². The SMILES string of the molecule is O=C(CC(CCCCCCCCCC1=NCCO1)C(=O)O)c1c(Cl)cccc1Cl. The second-order valence-electron chi connectivity index (χ2n) is 7.40. The van der Waals surface area contributed by atoms with Gasteiger partial charge in [0.15, 0.2) is 11.7 Å². The van der Waals surface area contributed by atoms with Gasteiger partial charge in [0.05, 0.1) is 28.1 Å². The zero-order valence-electron chi connectivity index (χ0n) is 16.7. The predicted molar refractivity (Wildman–Crippen MR) is 116 cm³/mol. The Balaban J connectivity index is 1.61. The van der Waals surface area contributed by atoms with Crippen LogP contribution in [0.1, 0.15) is 74.6 Å². The molecule has 0 saturated carbocycles. The van der Waals surface area contributed by atoms with Crippen molar-refractivity contribution in [2.45, 2.75) is 64.2 Å². The zero-order chi connectivity index (χ0) is 21.1. The van der Waals surface area contributed by atoms with E-state index in [9.17, 15) is 14.7 Å². The Kier molecular flexibility index (Phi) is 10.5. The van der Waals surface area contributed by atoms with Crippen LogP contribution in [0.5, 0.6) is 0 Å². The first kappa shape index (κ1) is 23.7. The molecule has 1 N–H and O–H groups in total. The van der Waals surface area contributed by atoms with E-state index in [1.165, 1.54) is 6.42 Å². The van der Waals surface area contributed by atoms with Crippen LogP contribution in [-0.4, -0.2) is 35.9 Å². The highest BCUT2D eigenvalue weighted by Gasteiger charge is 2.24. The van der Waals surface area contributed by atoms with Crippen LogP contribution < -0.4 is 0 Å². The maximum absolute atomic E-state index is 12.5. The van der Waals surface area contributed by atoms with Gasteiger partial charge in [0.1, 0.15) is 6.61 Å². The van der Waals surface area contributed by atoms with Crippen molar-refractivity contribution in [3.63, 3.8) is 0 Å². The van der Waals surface area contributed by atoms with Gasteiger partial charge in [0.2, 0.25) is 0 Å². The van der Waals surface area contributed by atoms with Gasteiger partial charge in [-0.15, -0.1) is 0 Å². The van der Waals surface area contributed by atoms with Gasteiger partial charge in [-0.1, -0.05) is 67.8 Å². The number of rotatable bonds is 14. The molecule has 0 spiro atoms. The molecule has 1 heterocycles. The lowest BCUT2D eigenvalue weighted by atomic mass is 9.93. The van der Waals surface area contributed by atoms with Gasteiger partial charge in [-0.25, -0.2) is 0 Å². The zero-order valence-corrected chi connectivity index (χ0v) is 18.2. The molecule has 0 aromatic heterocycles.